The maximum absolute atomic E-state index is 12.0. The van der Waals surface area contributed by atoms with Crippen LogP contribution in [0.5, 0.6) is 0 Å². The summed E-state index contributed by atoms with van der Waals surface area (Å²) in [5.74, 6) is -1.41. The number of ether oxygens (including phenoxy) is 1. The molecule has 13 nitrogen and oxygen atoms in total. The first-order valence-electron chi connectivity index (χ1n) is 10.7. The van der Waals surface area contributed by atoms with Gasteiger partial charge in [-0.25, -0.2) is 0 Å². The minimum absolute atomic E-state index is 0.0258. The monoisotopic (exact) mass is 483 g/mol. The first-order chi connectivity index (χ1) is 15.3. The van der Waals surface area contributed by atoms with Gasteiger partial charge in [-0.3, -0.25) is 4.79 Å². The molecule has 2 aliphatic heterocycles. The van der Waals surface area contributed by atoms with Crippen LogP contribution in [0.15, 0.2) is 0 Å². The fourth-order valence-electron chi connectivity index (χ4n) is 3.75. The minimum atomic E-state index is -2.04. The lowest BCUT2D eigenvalue weighted by atomic mass is 9.96. The van der Waals surface area contributed by atoms with Crippen LogP contribution in [0, 0.1) is 11.8 Å². The molecule has 0 saturated carbocycles. The van der Waals surface area contributed by atoms with Gasteiger partial charge < -0.3 is 60.4 Å². The standard InChI is InChI=1S/C14H25NO6.C6H12O6/c1-8(2)3-9-4-11(17)15(5-9)7-14(20)13(19)12(18)10(16)6-21-14;7-1-3(9)5(11)6(12)4(10)2-8/h8-10,12-13,16,18-20H,3-7H2,1-2H3;1,3-6,8-12H,2H2/t9-,10?,12?,13?,14?;3-,4+,5+,6+/m00/s1. The molecule has 2 fully saturated rings. The van der Waals surface area contributed by atoms with E-state index in [1.807, 2.05) is 0 Å². The summed E-state index contributed by atoms with van der Waals surface area (Å²) in [5, 5.41) is 82.8. The highest BCUT2D eigenvalue weighted by Gasteiger charge is 2.50. The molecule has 1 amide bonds. The molecule has 2 saturated heterocycles. The lowest BCUT2D eigenvalue weighted by Crippen LogP contribution is -2.64. The predicted octanol–water partition coefficient (Wildman–Crippen LogP) is -4.70. The molecule has 0 aromatic rings. The molecule has 2 heterocycles. The van der Waals surface area contributed by atoms with Crippen molar-refractivity contribution in [2.45, 2.75) is 75.2 Å². The average Bonchev–Trinajstić information content (AvgIpc) is 3.10. The first kappa shape index (κ1) is 29.8. The highest BCUT2D eigenvalue weighted by Crippen LogP contribution is 2.29. The number of nitrogens with zero attached hydrogens (tertiary/aromatic N) is 1. The number of β-amino-alcohol motifs (C(OH)–C–C–N with tert-alkyl or cyclic N) is 1. The number of aliphatic hydroxyl groups is 9. The van der Waals surface area contributed by atoms with Gasteiger partial charge in [0.15, 0.2) is 6.29 Å². The Bertz CT molecular complexity index is 622. The van der Waals surface area contributed by atoms with E-state index in [-0.39, 0.29) is 31.3 Å². The first-order valence-corrected chi connectivity index (χ1v) is 10.7. The summed E-state index contributed by atoms with van der Waals surface area (Å²) in [5.41, 5.74) is 0. The summed E-state index contributed by atoms with van der Waals surface area (Å²) < 4.78 is 5.09. The van der Waals surface area contributed by atoms with Gasteiger partial charge in [0.05, 0.1) is 19.8 Å². The third-order valence-corrected chi connectivity index (χ3v) is 5.62. The molecule has 194 valence electrons. The van der Waals surface area contributed by atoms with Crippen LogP contribution in [0.3, 0.4) is 0 Å². The number of carbonyl (C=O) groups excluding carboxylic acids is 2. The number of aliphatic hydroxyl groups excluding tert-OH is 8. The minimum Gasteiger partial charge on any atom is -0.394 e. The molecule has 33 heavy (non-hydrogen) atoms. The molecule has 13 heteroatoms. The molecular weight excluding hydrogens is 446 g/mol. The molecule has 0 bridgehead atoms. The lowest BCUT2D eigenvalue weighted by molar-refractivity contribution is -0.323. The van der Waals surface area contributed by atoms with Crippen LogP contribution in [0.2, 0.25) is 0 Å². The van der Waals surface area contributed by atoms with Gasteiger partial charge in [-0.15, -0.1) is 0 Å². The second-order valence-electron chi connectivity index (χ2n) is 8.99. The van der Waals surface area contributed by atoms with Crippen LogP contribution < -0.4 is 0 Å². The molecule has 9 N–H and O–H groups in total. The number of aldehydes is 1. The number of hydrogen-bond acceptors (Lipinski definition) is 12. The van der Waals surface area contributed by atoms with Gasteiger partial charge in [0.25, 0.3) is 0 Å². The van der Waals surface area contributed by atoms with Gasteiger partial charge in [-0.05, 0) is 18.3 Å². The molecule has 0 aliphatic carbocycles. The molecule has 0 aromatic carbocycles. The molecule has 2 aliphatic rings. The Balaban J connectivity index is 0.000000389. The van der Waals surface area contributed by atoms with E-state index in [9.17, 15) is 30.0 Å². The van der Waals surface area contributed by atoms with Crippen molar-refractivity contribution in [2.24, 2.45) is 11.8 Å². The van der Waals surface area contributed by atoms with E-state index in [4.69, 9.17) is 30.3 Å². The van der Waals surface area contributed by atoms with Crippen molar-refractivity contribution in [3.05, 3.63) is 0 Å². The van der Waals surface area contributed by atoms with Gasteiger partial charge in [0.1, 0.15) is 42.7 Å². The normalized spacial score (nSPS) is 33.8. The van der Waals surface area contributed by atoms with Crippen molar-refractivity contribution in [3.8, 4) is 0 Å². The zero-order chi connectivity index (χ0) is 25.5. The van der Waals surface area contributed by atoms with Crippen molar-refractivity contribution >= 4 is 12.2 Å². The number of carbonyl (C=O) groups is 2. The van der Waals surface area contributed by atoms with Crippen LogP contribution >= 0.6 is 0 Å². The highest BCUT2D eigenvalue weighted by atomic mass is 16.6. The quantitative estimate of drug-likeness (QED) is 0.141. The zero-order valence-electron chi connectivity index (χ0n) is 18.7. The van der Waals surface area contributed by atoms with Crippen molar-refractivity contribution in [3.63, 3.8) is 0 Å². The average molecular weight is 484 g/mol. The zero-order valence-corrected chi connectivity index (χ0v) is 18.7. The van der Waals surface area contributed by atoms with Gasteiger partial charge >= 0.3 is 0 Å². The van der Waals surface area contributed by atoms with Crippen molar-refractivity contribution in [1.29, 1.82) is 0 Å². The summed E-state index contributed by atoms with van der Waals surface area (Å²) in [6, 6.07) is 0. The van der Waals surface area contributed by atoms with Crippen molar-refractivity contribution < 1.29 is 60.3 Å². The topological polar surface area (TPSA) is 229 Å². The molecular formula is C20H37NO12. The third kappa shape index (κ3) is 8.17. The fraction of sp³-hybridized carbons (Fsp3) is 0.900. The molecule has 0 aromatic heterocycles. The molecule has 0 spiro atoms. The molecule has 2 rings (SSSR count). The predicted molar refractivity (Wildman–Crippen MR) is 110 cm³/mol. The highest BCUT2D eigenvalue weighted by molar-refractivity contribution is 5.78. The third-order valence-electron chi connectivity index (χ3n) is 5.62. The Kier molecular flexibility index (Phi) is 11.7. The van der Waals surface area contributed by atoms with Gasteiger partial charge in [0.2, 0.25) is 11.7 Å². The summed E-state index contributed by atoms with van der Waals surface area (Å²) in [4.78, 5) is 23.4. The summed E-state index contributed by atoms with van der Waals surface area (Å²) in [6.07, 6.45) is -9.89. The van der Waals surface area contributed by atoms with Crippen LogP contribution in [0.1, 0.15) is 26.7 Å². The summed E-state index contributed by atoms with van der Waals surface area (Å²) >= 11 is 0. The van der Waals surface area contributed by atoms with E-state index in [0.29, 0.717) is 18.9 Å². The van der Waals surface area contributed by atoms with Crippen LogP contribution in [0.25, 0.3) is 0 Å². The van der Waals surface area contributed by atoms with Crippen molar-refractivity contribution in [2.75, 3.05) is 26.3 Å². The number of amides is 1. The van der Waals surface area contributed by atoms with E-state index in [1.54, 1.807) is 0 Å². The van der Waals surface area contributed by atoms with Crippen molar-refractivity contribution in [1.82, 2.24) is 4.90 Å². The van der Waals surface area contributed by atoms with E-state index >= 15 is 0 Å². The molecule has 0 radical (unpaired) electrons. The number of hydrogen-bond donors (Lipinski definition) is 9. The number of rotatable bonds is 9. The largest absolute Gasteiger partial charge is 0.394 e. The van der Waals surface area contributed by atoms with E-state index in [2.05, 4.69) is 13.8 Å². The van der Waals surface area contributed by atoms with Crippen LogP contribution in [0.4, 0.5) is 0 Å². The number of likely N-dealkylation sites (tertiary alicyclic amines) is 1. The lowest BCUT2D eigenvalue weighted by Gasteiger charge is -2.43. The second kappa shape index (κ2) is 13.0. The molecule has 9 atom stereocenters. The SMILES string of the molecule is CC(C)C[C@H]1CC(=O)N(CC2(O)OCC(O)C(O)C2O)C1.O=C[C@H](O)[C@@H](O)[C@H](O)[C@H](O)CO. The molecule has 4 unspecified atom stereocenters. The Morgan fingerprint density at radius 3 is 2.27 bits per heavy atom. The van der Waals surface area contributed by atoms with Crippen LogP contribution in [-0.4, -0.2) is 138 Å². The summed E-state index contributed by atoms with van der Waals surface area (Å²) in [7, 11) is 0. The summed E-state index contributed by atoms with van der Waals surface area (Å²) in [6.45, 7) is 3.44. The smallest absolute Gasteiger partial charge is 0.223 e. The van der Waals surface area contributed by atoms with Crippen LogP contribution in [-0.2, 0) is 14.3 Å². The Morgan fingerprint density at radius 2 is 1.76 bits per heavy atom. The second-order valence-corrected chi connectivity index (χ2v) is 8.99. The van der Waals surface area contributed by atoms with Gasteiger partial charge in [-0.2, -0.15) is 0 Å². The van der Waals surface area contributed by atoms with E-state index in [1.165, 1.54) is 4.90 Å². The maximum Gasteiger partial charge on any atom is 0.223 e. The maximum atomic E-state index is 12.0. The Morgan fingerprint density at radius 1 is 1.15 bits per heavy atom. The van der Waals surface area contributed by atoms with Gasteiger partial charge in [0, 0.05) is 13.0 Å². The van der Waals surface area contributed by atoms with E-state index in [0.717, 1.165) is 6.42 Å². The van der Waals surface area contributed by atoms with E-state index < -0.39 is 55.1 Å². The Labute approximate surface area is 191 Å². The van der Waals surface area contributed by atoms with Gasteiger partial charge in [-0.1, -0.05) is 13.8 Å². The Hall–Kier alpha value is -1.26. The fourth-order valence-corrected chi connectivity index (χ4v) is 3.75.